The van der Waals surface area contributed by atoms with Crippen molar-refractivity contribution in [2.24, 2.45) is 0 Å². The van der Waals surface area contributed by atoms with Crippen molar-refractivity contribution in [2.75, 3.05) is 0 Å². The molecule has 13 heavy (non-hydrogen) atoms. The van der Waals surface area contributed by atoms with Crippen molar-refractivity contribution in [3.63, 3.8) is 0 Å². The van der Waals surface area contributed by atoms with Crippen LogP contribution in [-0.2, 0) is 6.42 Å². The van der Waals surface area contributed by atoms with Gasteiger partial charge < -0.3 is 0 Å². The van der Waals surface area contributed by atoms with E-state index in [4.69, 9.17) is 11.6 Å². The van der Waals surface area contributed by atoms with Gasteiger partial charge in [-0.1, -0.05) is 0 Å². The van der Waals surface area contributed by atoms with Gasteiger partial charge in [-0.2, -0.15) is 0 Å². The fourth-order valence-corrected chi connectivity index (χ4v) is 3.39. The molecule has 0 heterocycles. The molecule has 0 unspecified atom stereocenters. The van der Waals surface area contributed by atoms with Gasteiger partial charge in [-0.25, -0.2) is 0 Å². The van der Waals surface area contributed by atoms with Gasteiger partial charge in [0.15, 0.2) is 0 Å². The van der Waals surface area contributed by atoms with Gasteiger partial charge in [0.2, 0.25) is 0 Å². The van der Waals surface area contributed by atoms with E-state index in [9.17, 15) is 0 Å². The summed E-state index contributed by atoms with van der Waals surface area (Å²) in [5.41, 5.74) is 2.89. The fraction of sp³-hybridized carbons (Fsp3) is 0.400. The number of rotatable bonds is 0. The molecule has 1 aromatic carbocycles. The summed E-state index contributed by atoms with van der Waals surface area (Å²) >= 11 is 11.5. The van der Waals surface area contributed by atoms with Crippen LogP contribution in [-0.4, -0.2) is 33.7 Å². The second kappa shape index (κ2) is 4.01. The number of hydrogen-bond acceptors (Lipinski definition) is 0. The maximum atomic E-state index is 5.95. The molecule has 0 spiro atoms. The Bertz CT molecular complexity index is 325. The number of fused-ring (bicyclic) bond motifs is 1. The van der Waals surface area contributed by atoms with Crippen molar-refractivity contribution in [1.82, 2.24) is 0 Å². The molecular weight excluding hydrogens is 305 g/mol. The van der Waals surface area contributed by atoms with Crippen LogP contribution in [0.3, 0.4) is 0 Å². The summed E-state index contributed by atoms with van der Waals surface area (Å²) in [6, 6.07) is 6.27. The van der Waals surface area contributed by atoms with Crippen molar-refractivity contribution in [3.8, 4) is 0 Å². The average molecular weight is 314 g/mol. The molecule has 1 aromatic rings. The zero-order chi connectivity index (χ0) is 9.42. The summed E-state index contributed by atoms with van der Waals surface area (Å²) in [5, 5.41) is 0.863. The number of halogens is 1. The van der Waals surface area contributed by atoms with Crippen LogP contribution in [0.4, 0.5) is 0 Å². The first-order valence-corrected chi connectivity index (χ1v) is 6.87. The zero-order valence-corrected chi connectivity index (χ0v) is 11.6. The number of hydrogen-bond donors (Lipinski definition) is 0. The molecule has 0 amide bonds. The Kier molecular flexibility index (Phi) is 3.13. The van der Waals surface area contributed by atoms with Crippen molar-refractivity contribution in [3.05, 3.63) is 34.3 Å². The van der Waals surface area contributed by atoms with Gasteiger partial charge in [-0.15, -0.1) is 0 Å². The van der Waals surface area contributed by atoms with Crippen molar-refractivity contribution < 1.29 is 0 Å². The topological polar surface area (TPSA) is 0 Å². The monoisotopic (exact) mass is 314 g/mol. The van der Waals surface area contributed by atoms with Crippen LogP contribution in [0.1, 0.15) is 22.3 Å². The molecule has 2 atom stereocenters. The summed E-state index contributed by atoms with van der Waals surface area (Å²) in [5.74, 6) is 0. The Morgan fingerprint density at radius 3 is 2.85 bits per heavy atom. The Hall–Kier alpha value is 0.627. The third-order valence-electron chi connectivity index (χ3n) is 2.50. The van der Waals surface area contributed by atoms with Crippen LogP contribution < -0.4 is 0 Å². The van der Waals surface area contributed by atoms with E-state index in [-0.39, 0.29) is 0 Å². The van der Waals surface area contributed by atoms with Crippen LogP contribution in [0.15, 0.2) is 18.2 Å². The van der Waals surface area contributed by atoms with E-state index in [0.717, 1.165) is 9.73 Å². The predicted octanol–water partition coefficient (Wildman–Crippen LogP) is 2.45. The standard InChI is InChI=1S/C10H9As2Cl/c11-9-4-1-6-5-7(13)2-3-8(6)10(9)12/h2-3,5,9-10H,1,4H2/t9-,10-/m0/s1. The minimum atomic E-state index is 0.605. The molecule has 0 nitrogen and oxygen atoms in total. The molecule has 0 aliphatic heterocycles. The first-order valence-electron chi connectivity index (χ1n) is 4.33. The second-order valence-corrected chi connectivity index (χ2v) is 6.39. The molecule has 4 radical (unpaired) electrons. The molecule has 66 valence electrons. The fourth-order valence-electron chi connectivity index (χ4n) is 1.75. The van der Waals surface area contributed by atoms with E-state index in [1.807, 2.05) is 6.07 Å². The van der Waals surface area contributed by atoms with Crippen molar-refractivity contribution in [2.45, 2.75) is 22.3 Å². The molecule has 0 bridgehead atoms. The van der Waals surface area contributed by atoms with Crippen LogP contribution in [0.5, 0.6) is 0 Å². The van der Waals surface area contributed by atoms with Crippen LogP contribution in [0, 0.1) is 0 Å². The molecule has 2 rings (SSSR count). The maximum absolute atomic E-state index is 5.95. The minimum absolute atomic E-state index is 0.605. The SMILES string of the molecule is Clc1ccc2c(c1)CC[C@H]([As])[C@H]2[As]. The molecule has 3 heteroatoms. The molecule has 0 fully saturated rings. The number of aryl methyl sites for hydroxylation is 1. The van der Waals surface area contributed by atoms with Gasteiger partial charge in [0, 0.05) is 0 Å². The van der Waals surface area contributed by atoms with E-state index in [2.05, 4.69) is 45.8 Å². The Labute approximate surface area is 101 Å². The second-order valence-electron chi connectivity index (χ2n) is 3.39. The average Bonchev–Trinajstić information content (AvgIpc) is 2.12. The Balaban J connectivity index is 2.44. The quantitative estimate of drug-likeness (QED) is 0.645. The molecular formula is C10H9As2Cl. The van der Waals surface area contributed by atoms with Crippen LogP contribution in [0.2, 0.25) is 9.73 Å². The van der Waals surface area contributed by atoms with Gasteiger partial charge in [-0.05, 0) is 0 Å². The van der Waals surface area contributed by atoms with Crippen LogP contribution >= 0.6 is 11.6 Å². The summed E-state index contributed by atoms with van der Waals surface area (Å²) in [7, 11) is 0. The van der Waals surface area contributed by atoms with Crippen molar-refractivity contribution >= 4 is 45.3 Å². The van der Waals surface area contributed by atoms with Gasteiger partial charge in [0.05, 0.1) is 0 Å². The summed E-state index contributed by atoms with van der Waals surface area (Å²) in [6.07, 6.45) is 2.43. The molecule has 0 saturated heterocycles. The van der Waals surface area contributed by atoms with E-state index in [0.29, 0.717) is 4.71 Å². The van der Waals surface area contributed by atoms with E-state index in [1.165, 1.54) is 24.0 Å². The van der Waals surface area contributed by atoms with Gasteiger partial charge in [0.25, 0.3) is 0 Å². The predicted molar refractivity (Wildman–Crippen MR) is 57.8 cm³/mol. The molecule has 1 aliphatic rings. The van der Waals surface area contributed by atoms with E-state index < -0.39 is 0 Å². The van der Waals surface area contributed by atoms with Crippen molar-refractivity contribution in [1.29, 1.82) is 0 Å². The van der Waals surface area contributed by atoms with E-state index in [1.54, 1.807) is 0 Å². The number of benzene rings is 1. The summed E-state index contributed by atoms with van der Waals surface area (Å²) in [4.78, 5) is 0. The van der Waals surface area contributed by atoms with Gasteiger partial charge in [-0.3, -0.25) is 0 Å². The third-order valence-corrected chi connectivity index (χ3v) is 6.35. The zero-order valence-electron chi connectivity index (χ0n) is 7.07. The van der Waals surface area contributed by atoms with Gasteiger partial charge >= 0.3 is 102 Å². The summed E-state index contributed by atoms with van der Waals surface area (Å²) < 4.78 is 1.33. The first kappa shape index (κ1) is 10.2. The molecule has 0 aromatic heterocycles. The summed E-state index contributed by atoms with van der Waals surface area (Å²) in [6.45, 7) is 0. The normalized spacial score (nSPS) is 27.0. The van der Waals surface area contributed by atoms with Crippen LogP contribution in [0.25, 0.3) is 0 Å². The Morgan fingerprint density at radius 2 is 2.08 bits per heavy atom. The van der Waals surface area contributed by atoms with E-state index >= 15 is 0 Å². The molecule has 0 saturated carbocycles. The molecule has 1 aliphatic carbocycles. The molecule has 0 N–H and O–H groups in total. The third kappa shape index (κ3) is 2.01. The van der Waals surface area contributed by atoms with Gasteiger partial charge in [0.1, 0.15) is 0 Å². The first-order chi connectivity index (χ1) is 6.18. The Morgan fingerprint density at radius 1 is 1.31 bits per heavy atom.